The van der Waals surface area contributed by atoms with E-state index < -0.39 is 5.82 Å². The molecule has 0 fully saturated rings. The predicted molar refractivity (Wildman–Crippen MR) is 75.3 cm³/mol. The van der Waals surface area contributed by atoms with Gasteiger partial charge in [0.2, 0.25) is 6.20 Å². The van der Waals surface area contributed by atoms with Gasteiger partial charge in [0.15, 0.2) is 5.82 Å². The van der Waals surface area contributed by atoms with Gasteiger partial charge in [-0.2, -0.15) is 5.10 Å². The molecular weight excluding hydrogens is 356 g/mol. The van der Waals surface area contributed by atoms with E-state index in [-0.39, 0.29) is 0 Å². The number of nitrogens with one attached hydrogen (secondary N) is 1. The second-order valence-corrected chi connectivity index (χ2v) is 5.64. The minimum atomic E-state index is -0.430. The Bertz CT molecular complexity index is 765. The maximum Gasteiger partial charge on any atom is 0.272 e. The maximum absolute atomic E-state index is 13.6. The molecule has 0 aliphatic carbocycles. The zero-order chi connectivity index (χ0) is 13.6. The van der Waals surface area contributed by atoms with Gasteiger partial charge in [-0.3, -0.25) is 4.98 Å². The van der Waals surface area contributed by atoms with E-state index in [4.69, 9.17) is 23.2 Å². The molecule has 0 saturated heterocycles. The Labute approximate surface area is 126 Å². The van der Waals surface area contributed by atoms with E-state index in [1.54, 1.807) is 29.2 Å². The van der Waals surface area contributed by atoms with Crippen LogP contribution in [0.5, 0.6) is 0 Å². The Hall–Kier alpha value is -1.17. The van der Waals surface area contributed by atoms with E-state index >= 15 is 0 Å². The van der Waals surface area contributed by atoms with Gasteiger partial charge in [0, 0.05) is 10.7 Å². The predicted octanol–water partition coefficient (Wildman–Crippen LogP) is 4.05. The van der Waals surface area contributed by atoms with Gasteiger partial charge < -0.3 is 0 Å². The maximum atomic E-state index is 13.6. The van der Waals surface area contributed by atoms with Crippen molar-refractivity contribution in [2.45, 2.75) is 0 Å². The molecule has 96 valence electrons. The van der Waals surface area contributed by atoms with Crippen LogP contribution in [-0.4, -0.2) is 10.1 Å². The Morgan fingerprint density at radius 3 is 2.53 bits per heavy atom. The van der Waals surface area contributed by atoms with E-state index in [2.05, 4.69) is 26.0 Å². The Kier molecular flexibility index (Phi) is 3.20. The number of aromatic amines is 1. The fraction of sp³-hybridized carbons (Fsp3) is 0. The first-order chi connectivity index (χ1) is 9.06. The van der Waals surface area contributed by atoms with Crippen molar-refractivity contribution in [2.24, 2.45) is 0 Å². The first-order valence-electron chi connectivity index (χ1n) is 5.25. The van der Waals surface area contributed by atoms with E-state index in [1.165, 1.54) is 0 Å². The molecule has 0 amide bonds. The number of hydrogen-bond donors (Lipinski definition) is 1. The van der Waals surface area contributed by atoms with E-state index in [0.717, 1.165) is 10.7 Å². The molecule has 7 heteroatoms. The van der Waals surface area contributed by atoms with Crippen molar-refractivity contribution in [3.63, 3.8) is 0 Å². The van der Waals surface area contributed by atoms with Crippen LogP contribution in [0.4, 0.5) is 4.39 Å². The topological polar surface area (TPSA) is 32.6 Å². The summed E-state index contributed by atoms with van der Waals surface area (Å²) in [6.45, 7) is 0. The highest BCUT2D eigenvalue weighted by atomic mass is 79.9. The van der Waals surface area contributed by atoms with Gasteiger partial charge in [0.25, 0.3) is 5.69 Å². The number of pyridine rings is 1. The van der Waals surface area contributed by atoms with Gasteiger partial charge in [-0.1, -0.05) is 43.8 Å². The molecule has 0 radical (unpaired) electrons. The van der Waals surface area contributed by atoms with Crippen LogP contribution in [-0.2, 0) is 0 Å². The second kappa shape index (κ2) is 4.74. The van der Waals surface area contributed by atoms with Crippen LogP contribution in [0.1, 0.15) is 0 Å². The van der Waals surface area contributed by atoms with Crippen LogP contribution in [0.25, 0.3) is 16.6 Å². The summed E-state index contributed by atoms with van der Waals surface area (Å²) in [4.78, 5) is 3.80. The Morgan fingerprint density at radius 2 is 1.89 bits per heavy atom. The lowest BCUT2D eigenvalue weighted by molar-refractivity contribution is -0.652. The molecule has 0 unspecified atom stereocenters. The second-order valence-electron chi connectivity index (χ2n) is 3.91. The average molecular weight is 362 g/mol. The summed E-state index contributed by atoms with van der Waals surface area (Å²) in [7, 11) is 0. The van der Waals surface area contributed by atoms with Crippen LogP contribution in [0.3, 0.4) is 0 Å². The molecule has 0 aliphatic heterocycles. The van der Waals surface area contributed by atoms with Crippen LogP contribution in [0, 0.1) is 5.82 Å². The molecule has 2 aromatic heterocycles. The summed E-state index contributed by atoms with van der Waals surface area (Å²) in [5, 5.41) is 4.43. The largest absolute Gasteiger partial charge is 0.272 e. The van der Waals surface area contributed by atoms with Crippen molar-refractivity contribution in [1.82, 2.24) is 10.1 Å². The zero-order valence-corrected chi connectivity index (χ0v) is 12.4. The third-order valence-electron chi connectivity index (χ3n) is 2.65. The fourth-order valence-corrected chi connectivity index (χ4v) is 3.23. The summed E-state index contributed by atoms with van der Waals surface area (Å²) in [6, 6.07) is 3.44. The number of H-pyrrole nitrogens is 1. The van der Waals surface area contributed by atoms with Gasteiger partial charge in [0.1, 0.15) is 15.6 Å². The molecule has 19 heavy (non-hydrogen) atoms. The molecular formula is C12H6BrCl2FN3+. The molecule has 0 saturated carbocycles. The number of fused-ring (bicyclic) bond motifs is 1. The first kappa shape index (κ1) is 12.8. The van der Waals surface area contributed by atoms with Gasteiger partial charge in [-0.25, -0.2) is 4.39 Å². The number of aromatic nitrogens is 3. The number of halogens is 4. The van der Waals surface area contributed by atoms with E-state index in [9.17, 15) is 4.39 Å². The van der Waals surface area contributed by atoms with Gasteiger partial charge >= 0.3 is 0 Å². The lowest BCUT2D eigenvalue weighted by Crippen LogP contribution is -2.32. The molecule has 3 nitrogen and oxygen atoms in total. The average Bonchev–Trinajstić information content (AvgIpc) is 2.72. The summed E-state index contributed by atoms with van der Waals surface area (Å²) < 4.78 is 15.9. The smallest absolute Gasteiger partial charge is 0.261 e. The zero-order valence-electron chi connectivity index (χ0n) is 9.29. The lowest BCUT2D eigenvalue weighted by atomic mass is 10.3. The highest BCUT2D eigenvalue weighted by Crippen LogP contribution is 2.29. The van der Waals surface area contributed by atoms with E-state index in [1.807, 2.05) is 0 Å². The number of benzene rings is 1. The van der Waals surface area contributed by atoms with Crippen LogP contribution in [0.15, 0.2) is 35.2 Å². The van der Waals surface area contributed by atoms with Crippen molar-refractivity contribution < 1.29 is 9.07 Å². The van der Waals surface area contributed by atoms with Gasteiger partial charge in [-0.15, -0.1) is 0 Å². The molecule has 0 bridgehead atoms. The monoisotopic (exact) mass is 360 g/mol. The van der Waals surface area contributed by atoms with Crippen molar-refractivity contribution in [3.8, 4) is 5.69 Å². The van der Waals surface area contributed by atoms with Crippen molar-refractivity contribution in [1.29, 1.82) is 0 Å². The third kappa shape index (κ3) is 2.22. The van der Waals surface area contributed by atoms with Crippen molar-refractivity contribution >= 4 is 50.0 Å². The minimum absolute atomic E-state index is 0.352. The fourth-order valence-electron chi connectivity index (χ4n) is 1.84. The molecule has 1 N–H and O–H groups in total. The minimum Gasteiger partial charge on any atom is -0.261 e. The van der Waals surface area contributed by atoms with Gasteiger partial charge in [-0.05, 0) is 12.1 Å². The highest BCUT2D eigenvalue weighted by molar-refractivity contribution is 9.10. The van der Waals surface area contributed by atoms with Crippen LogP contribution >= 0.6 is 39.1 Å². The van der Waals surface area contributed by atoms with E-state index in [0.29, 0.717) is 26.6 Å². The SMILES string of the molecule is Fc1cncc2c[n+](-c3c(Cl)cc(Br)cc3Cl)[nH]c12. The molecule has 0 aliphatic rings. The van der Waals surface area contributed by atoms with Gasteiger partial charge in [0.05, 0.1) is 11.6 Å². The quantitative estimate of drug-likeness (QED) is 0.651. The number of hydrogen-bond acceptors (Lipinski definition) is 1. The number of rotatable bonds is 1. The molecule has 3 rings (SSSR count). The van der Waals surface area contributed by atoms with Crippen LogP contribution in [0.2, 0.25) is 10.0 Å². The number of nitrogens with zero attached hydrogens (tertiary/aromatic N) is 2. The summed E-state index contributed by atoms with van der Waals surface area (Å²) in [5.74, 6) is -0.430. The Balaban J connectivity index is 2.28. The first-order valence-corrected chi connectivity index (χ1v) is 6.80. The normalized spacial score (nSPS) is 11.2. The molecule has 0 atom stereocenters. The molecule has 2 heterocycles. The third-order valence-corrected chi connectivity index (χ3v) is 3.69. The summed E-state index contributed by atoms with van der Waals surface area (Å²) >= 11 is 15.7. The molecule has 1 aromatic carbocycles. The Morgan fingerprint density at radius 1 is 1.21 bits per heavy atom. The summed E-state index contributed by atoms with van der Waals surface area (Å²) in [5.41, 5.74) is 0.909. The van der Waals surface area contributed by atoms with Crippen LogP contribution < -0.4 is 4.68 Å². The van der Waals surface area contributed by atoms with Crippen molar-refractivity contribution in [3.05, 3.63) is 51.1 Å². The highest BCUT2D eigenvalue weighted by Gasteiger charge is 2.21. The van der Waals surface area contributed by atoms with Crippen molar-refractivity contribution in [2.75, 3.05) is 0 Å². The lowest BCUT2D eigenvalue weighted by Gasteiger charge is -1.99. The summed E-state index contributed by atoms with van der Waals surface area (Å²) in [6.07, 6.45) is 4.40. The molecule has 0 spiro atoms. The molecule has 3 aromatic rings. The standard InChI is InChI=1S/C12H5BrCl2FN3/c13-7-1-8(14)12(9(15)2-7)19-5-6-3-17-4-10(16)11(6)18-19/h1-5H/p+1.